The molecule has 0 atom stereocenters. The van der Waals surface area contributed by atoms with Gasteiger partial charge in [0.05, 0.1) is 0 Å². The molecule has 2 N–H and O–H groups in total. The van der Waals surface area contributed by atoms with Gasteiger partial charge in [-0.15, -0.1) is 0 Å². The Morgan fingerprint density at radius 1 is 1.25 bits per heavy atom. The van der Waals surface area contributed by atoms with Gasteiger partial charge in [-0.25, -0.2) is 0 Å². The number of hydrogen-bond acceptors (Lipinski definition) is 2. The molecule has 0 aliphatic carbocycles. The lowest BCUT2D eigenvalue weighted by molar-refractivity contribution is -0.116. The molecule has 0 saturated heterocycles. The molecule has 0 aliphatic heterocycles. The quantitative estimate of drug-likeness (QED) is 0.800. The summed E-state index contributed by atoms with van der Waals surface area (Å²) in [6.45, 7) is 3.52. The van der Waals surface area contributed by atoms with Crippen molar-refractivity contribution in [2.45, 2.75) is 13.3 Å². The lowest BCUT2D eigenvalue weighted by Crippen LogP contribution is -2.21. The highest BCUT2D eigenvalue weighted by molar-refractivity contribution is 6.35. The first-order valence-electron chi connectivity index (χ1n) is 5.08. The molecule has 0 aliphatic rings. The predicted octanol–water partition coefficient (Wildman–Crippen LogP) is 2.93. The summed E-state index contributed by atoms with van der Waals surface area (Å²) in [7, 11) is 0. The number of rotatable bonds is 5. The van der Waals surface area contributed by atoms with Gasteiger partial charge >= 0.3 is 0 Å². The van der Waals surface area contributed by atoms with Crippen LogP contribution in [0.4, 0.5) is 5.69 Å². The monoisotopic (exact) mass is 260 g/mol. The van der Waals surface area contributed by atoms with Crippen LogP contribution in [0.15, 0.2) is 18.2 Å². The largest absolute Gasteiger partial charge is 0.326 e. The van der Waals surface area contributed by atoms with E-state index in [1.54, 1.807) is 18.2 Å². The van der Waals surface area contributed by atoms with E-state index in [0.29, 0.717) is 28.7 Å². The van der Waals surface area contributed by atoms with Crippen LogP contribution < -0.4 is 10.6 Å². The number of halogens is 2. The Bertz CT molecular complexity index is 349. The van der Waals surface area contributed by atoms with Crippen molar-refractivity contribution in [1.29, 1.82) is 0 Å². The van der Waals surface area contributed by atoms with Crippen LogP contribution in [0.3, 0.4) is 0 Å². The minimum atomic E-state index is -0.0562. The van der Waals surface area contributed by atoms with Crippen molar-refractivity contribution in [2.75, 3.05) is 18.4 Å². The topological polar surface area (TPSA) is 41.1 Å². The van der Waals surface area contributed by atoms with Crippen LogP contribution in [-0.4, -0.2) is 19.0 Å². The van der Waals surface area contributed by atoms with Gasteiger partial charge in [-0.2, -0.15) is 0 Å². The average Bonchev–Trinajstić information content (AvgIpc) is 2.16. The van der Waals surface area contributed by atoms with E-state index in [4.69, 9.17) is 23.2 Å². The third-order valence-electron chi connectivity index (χ3n) is 1.93. The van der Waals surface area contributed by atoms with Crippen LogP contribution in [0, 0.1) is 0 Å². The molecule has 1 rings (SSSR count). The van der Waals surface area contributed by atoms with Gasteiger partial charge in [0.1, 0.15) is 0 Å². The van der Waals surface area contributed by atoms with Crippen molar-refractivity contribution < 1.29 is 4.79 Å². The van der Waals surface area contributed by atoms with Crippen molar-refractivity contribution >= 4 is 34.8 Å². The second kappa shape index (κ2) is 6.74. The number of carbonyl (C=O) groups is 1. The molecule has 1 amide bonds. The smallest absolute Gasteiger partial charge is 0.225 e. The van der Waals surface area contributed by atoms with Gasteiger partial charge in [0.2, 0.25) is 5.91 Å². The molecule has 0 radical (unpaired) electrons. The van der Waals surface area contributed by atoms with Gasteiger partial charge in [0, 0.05) is 28.7 Å². The first kappa shape index (κ1) is 13.3. The minimum absolute atomic E-state index is 0.0562. The van der Waals surface area contributed by atoms with E-state index in [2.05, 4.69) is 10.6 Å². The summed E-state index contributed by atoms with van der Waals surface area (Å²) in [6, 6.07) is 4.95. The van der Waals surface area contributed by atoms with Gasteiger partial charge in [-0.05, 0) is 24.7 Å². The molecule has 1 aromatic rings. The van der Waals surface area contributed by atoms with Crippen molar-refractivity contribution in [1.82, 2.24) is 5.32 Å². The molecule has 0 bridgehead atoms. The second-order valence-corrected chi connectivity index (χ2v) is 4.18. The number of anilines is 1. The summed E-state index contributed by atoms with van der Waals surface area (Å²) in [5, 5.41) is 6.83. The fourth-order valence-electron chi connectivity index (χ4n) is 1.23. The van der Waals surface area contributed by atoms with Crippen LogP contribution in [0.25, 0.3) is 0 Å². The second-order valence-electron chi connectivity index (χ2n) is 3.31. The normalized spacial score (nSPS) is 10.2. The molecule has 5 heteroatoms. The highest BCUT2D eigenvalue weighted by Crippen LogP contribution is 2.22. The molecule has 88 valence electrons. The van der Waals surface area contributed by atoms with E-state index in [1.165, 1.54) is 0 Å². The number of nitrogens with one attached hydrogen (secondary N) is 2. The number of hydrogen-bond donors (Lipinski definition) is 2. The van der Waals surface area contributed by atoms with Crippen molar-refractivity contribution in [3.8, 4) is 0 Å². The molecular formula is C11H14Cl2N2O. The fraction of sp³-hybridized carbons (Fsp3) is 0.364. The molecule has 0 aromatic heterocycles. The maximum Gasteiger partial charge on any atom is 0.225 e. The molecular weight excluding hydrogens is 247 g/mol. The Kier molecular flexibility index (Phi) is 5.60. The summed E-state index contributed by atoms with van der Waals surface area (Å²) in [5.41, 5.74) is 0.624. The molecule has 0 spiro atoms. The Morgan fingerprint density at radius 3 is 2.44 bits per heavy atom. The summed E-state index contributed by atoms with van der Waals surface area (Å²) in [6.07, 6.45) is 0.429. The Labute approximate surface area is 105 Å². The van der Waals surface area contributed by atoms with Crippen molar-refractivity contribution in [3.63, 3.8) is 0 Å². The Balaban J connectivity index is 2.49. The zero-order valence-electron chi connectivity index (χ0n) is 9.02. The van der Waals surface area contributed by atoms with Crippen LogP contribution in [0.5, 0.6) is 0 Å². The lowest BCUT2D eigenvalue weighted by Gasteiger charge is -2.06. The summed E-state index contributed by atoms with van der Waals surface area (Å²) in [4.78, 5) is 11.5. The molecule has 1 aromatic carbocycles. The standard InChI is InChI=1S/C11H14Cl2N2O/c1-2-14-4-3-11(16)15-10-6-8(12)5-9(13)7-10/h5-7,14H,2-4H2,1H3,(H,15,16). The zero-order chi connectivity index (χ0) is 12.0. The van der Waals surface area contributed by atoms with E-state index in [0.717, 1.165) is 6.54 Å². The van der Waals surface area contributed by atoms with Gasteiger partial charge in [-0.1, -0.05) is 30.1 Å². The third kappa shape index (κ3) is 4.84. The predicted molar refractivity (Wildman–Crippen MR) is 68.3 cm³/mol. The number of amides is 1. The highest BCUT2D eigenvalue weighted by atomic mass is 35.5. The maximum absolute atomic E-state index is 11.5. The van der Waals surface area contributed by atoms with E-state index >= 15 is 0 Å². The summed E-state index contributed by atoms with van der Waals surface area (Å²) >= 11 is 11.6. The maximum atomic E-state index is 11.5. The summed E-state index contributed by atoms with van der Waals surface area (Å²) < 4.78 is 0. The molecule has 0 fully saturated rings. The van der Waals surface area contributed by atoms with Crippen LogP contribution in [0.1, 0.15) is 13.3 Å². The van der Waals surface area contributed by atoms with Crippen molar-refractivity contribution in [3.05, 3.63) is 28.2 Å². The van der Waals surface area contributed by atoms with Gasteiger partial charge < -0.3 is 10.6 Å². The Morgan fingerprint density at radius 2 is 1.88 bits per heavy atom. The Hall–Kier alpha value is -0.770. The highest BCUT2D eigenvalue weighted by Gasteiger charge is 2.03. The SMILES string of the molecule is CCNCCC(=O)Nc1cc(Cl)cc(Cl)c1. The molecule has 0 saturated carbocycles. The molecule has 16 heavy (non-hydrogen) atoms. The fourth-order valence-corrected chi connectivity index (χ4v) is 1.75. The minimum Gasteiger partial charge on any atom is -0.326 e. The molecule has 0 heterocycles. The van der Waals surface area contributed by atoms with Gasteiger partial charge in [0.15, 0.2) is 0 Å². The third-order valence-corrected chi connectivity index (χ3v) is 2.36. The van der Waals surface area contributed by atoms with E-state index in [-0.39, 0.29) is 5.91 Å². The molecule has 3 nitrogen and oxygen atoms in total. The van der Waals surface area contributed by atoms with Crippen LogP contribution >= 0.6 is 23.2 Å². The van der Waals surface area contributed by atoms with Crippen LogP contribution in [-0.2, 0) is 4.79 Å². The molecule has 0 unspecified atom stereocenters. The van der Waals surface area contributed by atoms with Crippen LogP contribution in [0.2, 0.25) is 10.0 Å². The summed E-state index contributed by atoms with van der Waals surface area (Å²) in [5.74, 6) is -0.0562. The lowest BCUT2D eigenvalue weighted by atomic mass is 10.3. The zero-order valence-corrected chi connectivity index (χ0v) is 10.5. The van der Waals surface area contributed by atoms with E-state index < -0.39 is 0 Å². The first-order chi connectivity index (χ1) is 7.61. The number of carbonyl (C=O) groups excluding carboxylic acids is 1. The van der Waals surface area contributed by atoms with Gasteiger partial charge in [-0.3, -0.25) is 4.79 Å². The van der Waals surface area contributed by atoms with Gasteiger partial charge in [0.25, 0.3) is 0 Å². The van der Waals surface area contributed by atoms with E-state index in [1.807, 2.05) is 6.92 Å². The van der Waals surface area contributed by atoms with Crippen molar-refractivity contribution in [2.24, 2.45) is 0 Å². The first-order valence-corrected chi connectivity index (χ1v) is 5.84. The number of benzene rings is 1. The van der Waals surface area contributed by atoms with E-state index in [9.17, 15) is 4.79 Å². The average molecular weight is 261 g/mol.